The van der Waals surface area contributed by atoms with Gasteiger partial charge in [-0.2, -0.15) is 0 Å². The molecule has 25 heavy (non-hydrogen) atoms. The Morgan fingerprint density at radius 1 is 1.12 bits per heavy atom. The number of hydrogen-bond acceptors (Lipinski definition) is 3. The van der Waals surface area contributed by atoms with Gasteiger partial charge >= 0.3 is 0 Å². The van der Waals surface area contributed by atoms with E-state index in [0.717, 1.165) is 50.9 Å². The van der Waals surface area contributed by atoms with Crippen LogP contribution >= 0.6 is 0 Å². The first-order chi connectivity index (χ1) is 12.1. The molecule has 2 amide bonds. The number of hydrogen-bond donors (Lipinski definition) is 1. The Labute approximate surface area is 150 Å². The van der Waals surface area contributed by atoms with Crippen LogP contribution in [-0.4, -0.2) is 42.5 Å². The molecule has 0 unspecified atom stereocenters. The first-order valence-corrected chi connectivity index (χ1v) is 9.44. The molecule has 0 saturated carbocycles. The van der Waals surface area contributed by atoms with Gasteiger partial charge in [-0.05, 0) is 56.9 Å². The van der Waals surface area contributed by atoms with Crippen molar-refractivity contribution < 1.29 is 14.3 Å². The van der Waals surface area contributed by atoms with Gasteiger partial charge < -0.3 is 15.0 Å². The molecular weight excluding hydrogens is 316 g/mol. The number of benzene rings is 1. The lowest BCUT2D eigenvalue weighted by Crippen LogP contribution is -2.48. The number of nitrogens with one attached hydrogen (secondary N) is 1. The fourth-order valence-electron chi connectivity index (χ4n) is 2.97. The lowest BCUT2D eigenvalue weighted by molar-refractivity contribution is -0.133. The van der Waals surface area contributed by atoms with Crippen molar-refractivity contribution in [2.45, 2.75) is 58.4 Å². The summed E-state index contributed by atoms with van der Waals surface area (Å²) >= 11 is 0. The van der Waals surface area contributed by atoms with Gasteiger partial charge in [-0.1, -0.05) is 19.8 Å². The van der Waals surface area contributed by atoms with E-state index in [1.807, 2.05) is 4.90 Å². The molecule has 0 aromatic heterocycles. The van der Waals surface area contributed by atoms with Crippen molar-refractivity contribution in [2.75, 3.05) is 19.7 Å². The van der Waals surface area contributed by atoms with Crippen molar-refractivity contribution in [3.05, 3.63) is 29.8 Å². The van der Waals surface area contributed by atoms with Crippen LogP contribution in [0.15, 0.2) is 24.3 Å². The van der Waals surface area contributed by atoms with Gasteiger partial charge in [0.1, 0.15) is 11.8 Å². The van der Waals surface area contributed by atoms with E-state index in [-0.39, 0.29) is 11.8 Å². The molecule has 1 N–H and O–H groups in total. The Morgan fingerprint density at radius 3 is 2.44 bits per heavy atom. The third-order valence-electron chi connectivity index (χ3n) is 4.52. The Morgan fingerprint density at radius 2 is 1.80 bits per heavy atom. The molecule has 1 fully saturated rings. The molecule has 5 heteroatoms. The Bertz CT molecular complexity index is 551. The zero-order valence-corrected chi connectivity index (χ0v) is 15.4. The summed E-state index contributed by atoms with van der Waals surface area (Å²) in [6.45, 7) is 6.19. The van der Waals surface area contributed by atoms with Gasteiger partial charge in [0.15, 0.2) is 0 Å². The second-order valence-electron chi connectivity index (χ2n) is 6.66. The van der Waals surface area contributed by atoms with Crippen molar-refractivity contribution in [1.29, 1.82) is 0 Å². The molecule has 1 aromatic rings. The second kappa shape index (κ2) is 10.1. The van der Waals surface area contributed by atoms with E-state index < -0.39 is 6.04 Å². The van der Waals surface area contributed by atoms with Crippen LogP contribution in [0.3, 0.4) is 0 Å². The lowest BCUT2D eigenvalue weighted by atomic mass is 10.1. The lowest BCUT2D eigenvalue weighted by Gasteiger charge is -2.29. The number of likely N-dealkylation sites (tertiary alicyclic amines) is 1. The molecule has 138 valence electrons. The summed E-state index contributed by atoms with van der Waals surface area (Å²) in [5.41, 5.74) is 0.541. The molecule has 1 aliphatic heterocycles. The maximum Gasteiger partial charge on any atom is 0.251 e. The fourth-order valence-corrected chi connectivity index (χ4v) is 2.97. The standard InChI is InChI=1S/C20H30N2O3/c1-3-4-8-15-25-18-11-9-17(10-12-18)19(23)21-16(2)20(24)22-13-6-5-7-14-22/h9-12,16H,3-8,13-15H2,1-2H3,(H,21,23)/t16-/m0/s1. The van der Waals surface area contributed by atoms with Crippen LogP contribution in [0.2, 0.25) is 0 Å². The largest absolute Gasteiger partial charge is 0.494 e. The minimum absolute atomic E-state index is 0.00364. The summed E-state index contributed by atoms with van der Waals surface area (Å²) in [5, 5.41) is 2.80. The average molecular weight is 346 g/mol. The van der Waals surface area contributed by atoms with Crippen molar-refractivity contribution in [1.82, 2.24) is 10.2 Å². The average Bonchev–Trinajstić information content (AvgIpc) is 2.65. The zero-order valence-electron chi connectivity index (χ0n) is 15.4. The Hall–Kier alpha value is -2.04. The van der Waals surface area contributed by atoms with E-state index >= 15 is 0 Å². The van der Waals surface area contributed by atoms with Crippen molar-refractivity contribution >= 4 is 11.8 Å². The number of unbranched alkanes of at least 4 members (excludes halogenated alkanes) is 2. The van der Waals surface area contributed by atoms with Crippen molar-refractivity contribution in [3.63, 3.8) is 0 Å². The van der Waals surface area contributed by atoms with Crippen molar-refractivity contribution in [2.24, 2.45) is 0 Å². The first-order valence-electron chi connectivity index (χ1n) is 9.44. The number of ether oxygens (including phenoxy) is 1. The summed E-state index contributed by atoms with van der Waals surface area (Å²) in [4.78, 5) is 26.6. The van der Waals surface area contributed by atoms with E-state index in [4.69, 9.17) is 4.74 Å². The predicted molar refractivity (Wildman–Crippen MR) is 98.8 cm³/mol. The van der Waals surface area contributed by atoms with Crippen LogP contribution < -0.4 is 10.1 Å². The Kier molecular flexibility index (Phi) is 7.76. The molecule has 0 aliphatic carbocycles. The van der Waals surface area contributed by atoms with Gasteiger partial charge in [0.25, 0.3) is 5.91 Å². The van der Waals surface area contributed by atoms with E-state index in [9.17, 15) is 9.59 Å². The molecule has 0 spiro atoms. The van der Waals surface area contributed by atoms with Gasteiger partial charge in [-0.25, -0.2) is 0 Å². The van der Waals surface area contributed by atoms with Gasteiger partial charge in [0, 0.05) is 18.7 Å². The third kappa shape index (κ3) is 6.07. The topological polar surface area (TPSA) is 58.6 Å². The third-order valence-corrected chi connectivity index (χ3v) is 4.52. The molecular formula is C20H30N2O3. The van der Waals surface area contributed by atoms with E-state index in [2.05, 4.69) is 12.2 Å². The molecule has 1 saturated heterocycles. The molecule has 0 bridgehead atoms. The summed E-state index contributed by atoms with van der Waals surface area (Å²) in [6.07, 6.45) is 6.63. The number of rotatable bonds is 8. The summed E-state index contributed by atoms with van der Waals surface area (Å²) in [6, 6.07) is 6.58. The molecule has 1 aliphatic rings. The number of piperidine rings is 1. The van der Waals surface area contributed by atoms with Gasteiger partial charge in [-0.3, -0.25) is 9.59 Å². The fraction of sp³-hybridized carbons (Fsp3) is 0.600. The Balaban J connectivity index is 1.82. The zero-order chi connectivity index (χ0) is 18.1. The summed E-state index contributed by atoms with van der Waals surface area (Å²) < 4.78 is 5.65. The number of nitrogens with zero attached hydrogens (tertiary/aromatic N) is 1. The highest BCUT2D eigenvalue weighted by Gasteiger charge is 2.23. The number of carbonyl (C=O) groups is 2. The second-order valence-corrected chi connectivity index (χ2v) is 6.66. The van der Waals surface area contributed by atoms with Crippen LogP contribution in [0.4, 0.5) is 0 Å². The molecule has 2 rings (SSSR count). The predicted octanol–water partition coefficient (Wildman–Crippen LogP) is 3.39. The molecule has 5 nitrogen and oxygen atoms in total. The van der Waals surface area contributed by atoms with E-state index in [1.165, 1.54) is 6.42 Å². The quantitative estimate of drug-likeness (QED) is 0.734. The van der Waals surface area contributed by atoms with Crippen LogP contribution in [0, 0.1) is 0 Å². The van der Waals surface area contributed by atoms with Gasteiger partial charge in [0.05, 0.1) is 6.61 Å². The highest BCUT2D eigenvalue weighted by Crippen LogP contribution is 2.14. The van der Waals surface area contributed by atoms with Crippen molar-refractivity contribution in [3.8, 4) is 5.75 Å². The SMILES string of the molecule is CCCCCOc1ccc(C(=O)N[C@@H](C)C(=O)N2CCCCC2)cc1. The van der Waals surface area contributed by atoms with Crippen LogP contribution in [0.1, 0.15) is 62.7 Å². The van der Waals surface area contributed by atoms with Gasteiger partial charge in [-0.15, -0.1) is 0 Å². The molecule has 1 atom stereocenters. The number of carbonyl (C=O) groups excluding carboxylic acids is 2. The van der Waals surface area contributed by atoms with E-state index in [0.29, 0.717) is 12.2 Å². The smallest absolute Gasteiger partial charge is 0.251 e. The van der Waals surface area contributed by atoms with Gasteiger partial charge in [0.2, 0.25) is 5.91 Å². The highest BCUT2D eigenvalue weighted by molar-refractivity contribution is 5.97. The maximum absolute atomic E-state index is 12.4. The van der Waals surface area contributed by atoms with Crippen LogP contribution in [-0.2, 0) is 4.79 Å². The molecule has 1 aromatic carbocycles. The highest BCUT2D eigenvalue weighted by atomic mass is 16.5. The maximum atomic E-state index is 12.4. The first kappa shape index (κ1) is 19.3. The molecule has 1 heterocycles. The monoisotopic (exact) mass is 346 g/mol. The normalized spacial score (nSPS) is 15.5. The van der Waals surface area contributed by atoms with E-state index in [1.54, 1.807) is 31.2 Å². The summed E-state index contributed by atoms with van der Waals surface area (Å²) in [5.74, 6) is 0.546. The van der Waals surface area contributed by atoms with Crippen LogP contribution in [0.25, 0.3) is 0 Å². The number of amides is 2. The summed E-state index contributed by atoms with van der Waals surface area (Å²) in [7, 11) is 0. The molecule has 0 radical (unpaired) electrons. The minimum atomic E-state index is -0.504. The van der Waals surface area contributed by atoms with Crippen LogP contribution in [0.5, 0.6) is 5.75 Å². The minimum Gasteiger partial charge on any atom is -0.494 e.